The van der Waals surface area contributed by atoms with Crippen molar-refractivity contribution in [3.8, 4) is 0 Å². The van der Waals surface area contributed by atoms with Gasteiger partial charge in [-0.25, -0.2) is 0 Å². The van der Waals surface area contributed by atoms with Gasteiger partial charge in [0.05, 0.1) is 13.1 Å². The van der Waals surface area contributed by atoms with E-state index >= 15 is 0 Å². The van der Waals surface area contributed by atoms with Gasteiger partial charge in [-0.1, -0.05) is 43.7 Å². The monoisotopic (exact) mass is 407 g/mol. The average Bonchev–Trinajstić information content (AvgIpc) is 3.68. The van der Waals surface area contributed by atoms with Crippen molar-refractivity contribution in [2.24, 2.45) is 13.0 Å². The van der Waals surface area contributed by atoms with E-state index < -0.39 is 0 Å². The number of carbonyl (C=O) groups excluding carboxylic acids is 2. The largest absolute Gasteiger partial charge is 0.353 e. The van der Waals surface area contributed by atoms with Crippen LogP contribution in [0.1, 0.15) is 56.2 Å². The average molecular weight is 408 g/mol. The molecule has 30 heavy (non-hydrogen) atoms. The smallest absolute Gasteiger partial charge is 0.242 e. The molecule has 2 amide bonds. The molecule has 2 atom stereocenters. The number of hydrogen-bond acceptors (Lipinski definition) is 2. The first-order valence-corrected chi connectivity index (χ1v) is 11.3. The Balaban J connectivity index is 1.42. The summed E-state index contributed by atoms with van der Waals surface area (Å²) in [6.07, 6.45) is 6.99. The third-order valence-corrected chi connectivity index (χ3v) is 6.45. The van der Waals surface area contributed by atoms with Crippen LogP contribution in [-0.2, 0) is 23.2 Å². The van der Waals surface area contributed by atoms with Gasteiger partial charge in [-0.3, -0.25) is 9.59 Å². The highest BCUT2D eigenvalue weighted by Crippen LogP contribution is 2.48. The van der Waals surface area contributed by atoms with Crippen LogP contribution in [0.25, 0.3) is 0 Å². The molecule has 5 nitrogen and oxygen atoms in total. The summed E-state index contributed by atoms with van der Waals surface area (Å²) in [5.74, 6) is 0.570. The molecule has 0 spiro atoms. The summed E-state index contributed by atoms with van der Waals surface area (Å²) >= 11 is 0. The Kier molecular flexibility index (Phi) is 6.26. The van der Waals surface area contributed by atoms with E-state index in [1.807, 2.05) is 47.3 Å². The van der Waals surface area contributed by atoms with E-state index in [4.69, 9.17) is 0 Å². The van der Waals surface area contributed by atoms with E-state index in [2.05, 4.69) is 29.7 Å². The van der Waals surface area contributed by atoms with E-state index in [0.29, 0.717) is 25.0 Å². The fourth-order valence-corrected chi connectivity index (χ4v) is 4.28. The van der Waals surface area contributed by atoms with Gasteiger partial charge in [0.25, 0.3) is 0 Å². The second kappa shape index (κ2) is 9.07. The predicted octanol–water partition coefficient (Wildman–Crippen LogP) is 3.95. The number of benzene rings is 1. The molecule has 2 aromatic rings. The molecule has 2 saturated carbocycles. The van der Waals surface area contributed by atoms with Crippen LogP contribution in [0.5, 0.6) is 0 Å². The van der Waals surface area contributed by atoms with Gasteiger partial charge in [0.2, 0.25) is 11.8 Å². The Labute approximate surface area is 179 Å². The lowest BCUT2D eigenvalue weighted by Gasteiger charge is -2.28. The van der Waals surface area contributed by atoms with E-state index in [9.17, 15) is 9.59 Å². The number of aromatic nitrogens is 1. The van der Waals surface area contributed by atoms with E-state index in [-0.39, 0.29) is 24.3 Å². The summed E-state index contributed by atoms with van der Waals surface area (Å²) in [5, 5.41) is 0. The lowest BCUT2D eigenvalue weighted by atomic mass is 10.1. The van der Waals surface area contributed by atoms with Crippen molar-refractivity contribution in [1.82, 2.24) is 14.4 Å². The maximum Gasteiger partial charge on any atom is 0.242 e. The topological polar surface area (TPSA) is 45.6 Å². The fourth-order valence-electron chi connectivity index (χ4n) is 4.28. The molecule has 5 heteroatoms. The fraction of sp³-hybridized carbons (Fsp3) is 0.520. The molecule has 1 heterocycles. The Morgan fingerprint density at radius 3 is 2.50 bits per heavy atom. The minimum Gasteiger partial charge on any atom is -0.353 e. The van der Waals surface area contributed by atoms with Crippen LogP contribution in [0.3, 0.4) is 0 Å². The van der Waals surface area contributed by atoms with Crippen LogP contribution in [0.2, 0.25) is 0 Å². The summed E-state index contributed by atoms with van der Waals surface area (Å²) in [6, 6.07) is 14.7. The van der Waals surface area contributed by atoms with Crippen LogP contribution < -0.4 is 0 Å². The minimum absolute atomic E-state index is 0.0271. The zero-order chi connectivity index (χ0) is 21.1. The first kappa shape index (κ1) is 20.7. The lowest BCUT2D eigenvalue weighted by Crippen LogP contribution is -2.44. The van der Waals surface area contributed by atoms with E-state index in [1.165, 1.54) is 5.56 Å². The van der Waals surface area contributed by atoms with Crippen LogP contribution in [0.4, 0.5) is 0 Å². The first-order chi connectivity index (χ1) is 14.6. The molecule has 0 saturated heterocycles. The summed E-state index contributed by atoms with van der Waals surface area (Å²) < 4.78 is 2.07. The van der Waals surface area contributed by atoms with Crippen molar-refractivity contribution in [1.29, 1.82) is 0 Å². The number of aryl methyl sites for hydroxylation is 1. The van der Waals surface area contributed by atoms with Gasteiger partial charge in [0, 0.05) is 37.4 Å². The minimum atomic E-state index is 0.0271. The standard InChI is InChI=1S/C25H33N3O2/c1-3-4-15-27(25(30)23-16-22(23)19-9-6-5-7-10-19)18-24(29)28(20-12-13-20)17-21-11-8-14-26(21)2/h5-11,14,20,22-23H,3-4,12-13,15-18H2,1-2H3. The summed E-state index contributed by atoms with van der Waals surface area (Å²) in [7, 11) is 2.01. The number of nitrogens with zero attached hydrogens (tertiary/aromatic N) is 3. The van der Waals surface area contributed by atoms with E-state index in [1.54, 1.807) is 0 Å². The molecular formula is C25H33N3O2. The van der Waals surface area contributed by atoms with Gasteiger partial charge >= 0.3 is 0 Å². The molecule has 2 aliphatic rings. The van der Waals surface area contributed by atoms with Crippen molar-refractivity contribution in [2.45, 2.75) is 57.5 Å². The van der Waals surface area contributed by atoms with E-state index in [0.717, 1.165) is 37.8 Å². The van der Waals surface area contributed by atoms with Crippen LogP contribution >= 0.6 is 0 Å². The van der Waals surface area contributed by atoms with Crippen LogP contribution in [0.15, 0.2) is 48.7 Å². The van der Waals surface area contributed by atoms with Crippen molar-refractivity contribution < 1.29 is 9.59 Å². The highest BCUT2D eigenvalue weighted by molar-refractivity contribution is 5.88. The van der Waals surface area contributed by atoms with Crippen molar-refractivity contribution in [3.05, 3.63) is 59.9 Å². The molecule has 0 N–H and O–H groups in total. The summed E-state index contributed by atoms with van der Waals surface area (Å²) in [4.78, 5) is 30.3. The molecule has 1 aromatic heterocycles. The Bertz CT molecular complexity index is 872. The van der Waals surface area contributed by atoms with Crippen molar-refractivity contribution in [2.75, 3.05) is 13.1 Å². The van der Waals surface area contributed by atoms with Crippen LogP contribution in [-0.4, -0.2) is 45.3 Å². The zero-order valence-corrected chi connectivity index (χ0v) is 18.2. The first-order valence-electron chi connectivity index (χ1n) is 11.3. The van der Waals surface area contributed by atoms with Gasteiger partial charge in [-0.2, -0.15) is 0 Å². The Morgan fingerprint density at radius 1 is 1.10 bits per heavy atom. The Morgan fingerprint density at radius 2 is 1.87 bits per heavy atom. The molecule has 2 unspecified atom stereocenters. The number of hydrogen-bond donors (Lipinski definition) is 0. The lowest BCUT2D eigenvalue weighted by molar-refractivity contribution is -0.142. The highest BCUT2D eigenvalue weighted by Gasteiger charge is 2.46. The van der Waals surface area contributed by atoms with Crippen molar-refractivity contribution in [3.63, 3.8) is 0 Å². The molecule has 2 fully saturated rings. The maximum atomic E-state index is 13.3. The third kappa shape index (κ3) is 4.77. The molecule has 4 rings (SSSR count). The van der Waals surface area contributed by atoms with Gasteiger partial charge in [-0.05, 0) is 49.3 Å². The SMILES string of the molecule is CCCCN(CC(=O)N(Cc1cccn1C)C1CC1)C(=O)C1CC1c1ccccc1. The highest BCUT2D eigenvalue weighted by atomic mass is 16.2. The third-order valence-electron chi connectivity index (χ3n) is 6.45. The predicted molar refractivity (Wildman–Crippen MR) is 118 cm³/mol. The van der Waals surface area contributed by atoms with Gasteiger partial charge in [0.15, 0.2) is 0 Å². The quantitative estimate of drug-likeness (QED) is 0.599. The van der Waals surface area contributed by atoms with Gasteiger partial charge < -0.3 is 14.4 Å². The van der Waals surface area contributed by atoms with Crippen molar-refractivity contribution >= 4 is 11.8 Å². The molecule has 0 bridgehead atoms. The number of carbonyl (C=O) groups is 2. The number of unbranched alkanes of at least 4 members (excludes halogenated alkanes) is 1. The molecule has 1 aromatic carbocycles. The van der Waals surface area contributed by atoms with Crippen LogP contribution in [0, 0.1) is 5.92 Å². The number of amides is 2. The molecular weight excluding hydrogens is 374 g/mol. The molecule has 160 valence electrons. The summed E-state index contributed by atoms with van der Waals surface area (Å²) in [6.45, 7) is 3.62. The molecule has 0 aliphatic heterocycles. The molecule has 0 radical (unpaired) electrons. The second-order valence-corrected chi connectivity index (χ2v) is 8.84. The second-order valence-electron chi connectivity index (χ2n) is 8.84. The maximum absolute atomic E-state index is 13.3. The summed E-state index contributed by atoms with van der Waals surface area (Å²) in [5.41, 5.74) is 2.37. The normalized spacial score (nSPS) is 20.1. The van der Waals surface area contributed by atoms with Gasteiger partial charge in [0.1, 0.15) is 0 Å². The molecule has 2 aliphatic carbocycles. The van der Waals surface area contributed by atoms with Gasteiger partial charge in [-0.15, -0.1) is 0 Å². The Hall–Kier alpha value is -2.56. The number of rotatable bonds is 10. The zero-order valence-electron chi connectivity index (χ0n) is 18.2.